The Morgan fingerprint density at radius 2 is 1.67 bits per heavy atom. The van der Waals surface area contributed by atoms with Crippen molar-refractivity contribution in [2.45, 2.75) is 63.8 Å². The van der Waals surface area contributed by atoms with Gasteiger partial charge in [0.05, 0.1) is 23.8 Å². The van der Waals surface area contributed by atoms with E-state index < -0.39 is 11.5 Å². The van der Waals surface area contributed by atoms with Gasteiger partial charge in [-0.3, -0.25) is 19.3 Å². The lowest BCUT2D eigenvalue weighted by atomic mass is 9.77. The summed E-state index contributed by atoms with van der Waals surface area (Å²) in [7, 11) is 0. The van der Waals surface area contributed by atoms with Crippen molar-refractivity contribution in [2.75, 3.05) is 0 Å². The highest BCUT2D eigenvalue weighted by Gasteiger charge is 2.58. The lowest BCUT2D eigenvalue weighted by Gasteiger charge is -2.43. The molecule has 0 radical (unpaired) electrons. The number of imide groups is 1. The molecule has 3 rings (SSSR count). The summed E-state index contributed by atoms with van der Waals surface area (Å²) in [4.78, 5) is 38.2. The molecule has 21 heavy (non-hydrogen) atoms. The van der Waals surface area contributed by atoms with Crippen LogP contribution in [0, 0.1) is 17.8 Å². The first kappa shape index (κ1) is 14.5. The lowest BCUT2D eigenvalue weighted by Crippen LogP contribution is -2.54. The first-order valence-corrected chi connectivity index (χ1v) is 8.04. The molecule has 0 aromatic carbocycles. The molecule has 1 saturated heterocycles. The summed E-state index contributed by atoms with van der Waals surface area (Å²) in [6.07, 6.45) is 5.59. The molecule has 1 heterocycles. The molecule has 1 N–H and O–H groups in total. The Balaban J connectivity index is 1.91. The average molecular weight is 293 g/mol. The van der Waals surface area contributed by atoms with Gasteiger partial charge in [-0.15, -0.1) is 0 Å². The zero-order chi connectivity index (χ0) is 15.2. The van der Waals surface area contributed by atoms with Crippen molar-refractivity contribution in [1.29, 1.82) is 0 Å². The maximum absolute atomic E-state index is 12.7. The third-order valence-corrected chi connectivity index (χ3v) is 5.61. The molecular weight excluding hydrogens is 270 g/mol. The predicted molar refractivity (Wildman–Crippen MR) is 75.3 cm³/mol. The number of carboxylic acid groups (broad SMARTS) is 1. The van der Waals surface area contributed by atoms with Gasteiger partial charge >= 0.3 is 5.97 Å². The van der Waals surface area contributed by atoms with Gasteiger partial charge in [-0.05, 0) is 31.6 Å². The number of hydrogen-bond donors (Lipinski definition) is 1. The van der Waals surface area contributed by atoms with E-state index >= 15 is 0 Å². The fourth-order valence-electron chi connectivity index (χ4n) is 4.72. The topological polar surface area (TPSA) is 74.7 Å². The molecule has 3 fully saturated rings. The monoisotopic (exact) mass is 293 g/mol. The van der Waals surface area contributed by atoms with E-state index in [1.54, 1.807) is 0 Å². The second-order valence-electron chi connectivity index (χ2n) is 7.16. The van der Waals surface area contributed by atoms with Crippen LogP contribution in [0.3, 0.4) is 0 Å². The number of likely N-dealkylation sites (tertiary alicyclic amines) is 1. The second kappa shape index (κ2) is 5.11. The quantitative estimate of drug-likeness (QED) is 0.809. The van der Waals surface area contributed by atoms with Crippen LogP contribution in [0.5, 0.6) is 0 Å². The number of nitrogens with zero attached hydrogens (tertiary/aromatic N) is 1. The number of carbonyl (C=O) groups is 3. The van der Waals surface area contributed by atoms with E-state index in [1.807, 2.05) is 0 Å². The largest absolute Gasteiger partial charge is 0.481 e. The molecule has 116 valence electrons. The molecule has 2 aliphatic carbocycles. The summed E-state index contributed by atoms with van der Waals surface area (Å²) < 4.78 is 0. The Labute approximate surface area is 124 Å². The van der Waals surface area contributed by atoms with Crippen LogP contribution in [-0.2, 0) is 14.4 Å². The maximum Gasteiger partial charge on any atom is 0.305 e. The molecule has 2 unspecified atom stereocenters. The van der Waals surface area contributed by atoms with Crippen LogP contribution in [-0.4, -0.2) is 33.3 Å². The maximum atomic E-state index is 12.7. The third kappa shape index (κ3) is 2.27. The molecule has 0 bridgehead atoms. The third-order valence-electron chi connectivity index (χ3n) is 5.61. The van der Waals surface area contributed by atoms with Gasteiger partial charge in [0.25, 0.3) is 0 Å². The van der Waals surface area contributed by atoms with Gasteiger partial charge in [0.15, 0.2) is 0 Å². The van der Waals surface area contributed by atoms with Gasteiger partial charge in [-0.2, -0.15) is 0 Å². The van der Waals surface area contributed by atoms with Crippen molar-refractivity contribution >= 4 is 17.8 Å². The number of aliphatic carboxylic acids is 1. The molecule has 2 atom stereocenters. The standard InChI is InChI=1S/C16H23NO4/c1-10-7-11-12(8-10)15(21)17(14(11)20)16(9-13(18)19)5-3-2-4-6-16/h10-12H,2-9H2,1H3,(H,18,19). The Kier molecular flexibility index (Phi) is 3.54. The molecule has 0 spiro atoms. The summed E-state index contributed by atoms with van der Waals surface area (Å²) >= 11 is 0. The van der Waals surface area contributed by atoms with E-state index in [9.17, 15) is 19.5 Å². The van der Waals surface area contributed by atoms with Crippen LogP contribution >= 0.6 is 0 Å². The Morgan fingerprint density at radius 3 is 2.14 bits per heavy atom. The van der Waals surface area contributed by atoms with E-state index in [0.29, 0.717) is 18.8 Å². The van der Waals surface area contributed by atoms with Gasteiger partial charge in [-0.25, -0.2) is 0 Å². The zero-order valence-corrected chi connectivity index (χ0v) is 12.5. The minimum atomic E-state index is -0.914. The highest BCUT2D eigenvalue weighted by molar-refractivity contribution is 6.06. The minimum Gasteiger partial charge on any atom is -0.481 e. The Bertz CT molecular complexity index is 457. The summed E-state index contributed by atoms with van der Waals surface area (Å²) in [5.74, 6) is -1.09. The predicted octanol–water partition coefficient (Wildman–Crippen LogP) is 2.20. The minimum absolute atomic E-state index is 0.0977. The smallest absolute Gasteiger partial charge is 0.305 e. The van der Waals surface area contributed by atoms with Crippen molar-refractivity contribution < 1.29 is 19.5 Å². The fraction of sp³-hybridized carbons (Fsp3) is 0.812. The van der Waals surface area contributed by atoms with Gasteiger partial charge in [0.1, 0.15) is 0 Å². The SMILES string of the molecule is CC1CC2C(=O)N(C3(CC(=O)O)CCCCC3)C(=O)C2C1. The zero-order valence-electron chi connectivity index (χ0n) is 12.5. The highest BCUT2D eigenvalue weighted by atomic mass is 16.4. The average Bonchev–Trinajstić information content (AvgIpc) is 2.89. The number of carboxylic acids is 1. The van der Waals surface area contributed by atoms with Crippen LogP contribution in [0.15, 0.2) is 0 Å². The van der Waals surface area contributed by atoms with Crippen molar-refractivity contribution in [3.05, 3.63) is 0 Å². The van der Waals surface area contributed by atoms with Crippen LogP contribution in [0.25, 0.3) is 0 Å². The molecule has 2 amide bonds. The van der Waals surface area contributed by atoms with Crippen LogP contribution in [0.2, 0.25) is 0 Å². The van der Waals surface area contributed by atoms with E-state index in [-0.39, 0.29) is 30.1 Å². The van der Waals surface area contributed by atoms with E-state index in [0.717, 1.165) is 32.1 Å². The van der Waals surface area contributed by atoms with Crippen molar-refractivity contribution in [1.82, 2.24) is 4.90 Å². The number of rotatable bonds is 3. The van der Waals surface area contributed by atoms with Crippen molar-refractivity contribution in [3.8, 4) is 0 Å². The summed E-state index contributed by atoms with van der Waals surface area (Å²) in [6.45, 7) is 2.08. The van der Waals surface area contributed by atoms with Crippen LogP contribution < -0.4 is 0 Å². The number of amides is 2. The number of hydrogen-bond acceptors (Lipinski definition) is 3. The lowest BCUT2D eigenvalue weighted by molar-refractivity contribution is -0.153. The van der Waals surface area contributed by atoms with Crippen LogP contribution in [0.1, 0.15) is 58.3 Å². The number of fused-ring (bicyclic) bond motifs is 1. The molecule has 3 aliphatic rings. The normalized spacial score (nSPS) is 35.1. The summed E-state index contributed by atoms with van der Waals surface area (Å²) in [5.41, 5.74) is -0.758. The van der Waals surface area contributed by atoms with E-state index in [2.05, 4.69) is 6.92 Å². The van der Waals surface area contributed by atoms with Gasteiger partial charge in [0.2, 0.25) is 11.8 Å². The molecule has 1 aliphatic heterocycles. The Hall–Kier alpha value is -1.39. The van der Waals surface area contributed by atoms with Gasteiger partial charge in [0, 0.05) is 0 Å². The fourth-order valence-corrected chi connectivity index (χ4v) is 4.72. The van der Waals surface area contributed by atoms with Crippen molar-refractivity contribution in [3.63, 3.8) is 0 Å². The van der Waals surface area contributed by atoms with Crippen LogP contribution in [0.4, 0.5) is 0 Å². The molecule has 5 nitrogen and oxygen atoms in total. The highest BCUT2D eigenvalue weighted by Crippen LogP contribution is 2.48. The van der Waals surface area contributed by atoms with Gasteiger partial charge < -0.3 is 5.11 Å². The first-order valence-electron chi connectivity index (χ1n) is 8.04. The molecule has 2 saturated carbocycles. The van der Waals surface area contributed by atoms with E-state index in [4.69, 9.17) is 0 Å². The molecule has 0 aromatic rings. The van der Waals surface area contributed by atoms with Gasteiger partial charge in [-0.1, -0.05) is 26.2 Å². The molecular formula is C16H23NO4. The number of carbonyl (C=O) groups excluding carboxylic acids is 2. The second-order valence-corrected chi connectivity index (χ2v) is 7.16. The summed E-state index contributed by atoms with van der Waals surface area (Å²) in [6, 6.07) is 0. The van der Waals surface area contributed by atoms with Crippen molar-refractivity contribution in [2.24, 2.45) is 17.8 Å². The molecule has 0 aromatic heterocycles. The first-order chi connectivity index (χ1) is 9.94. The summed E-state index contributed by atoms with van der Waals surface area (Å²) in [5, 5.41) is 9.26. The van der Waals surface area contributed by atoms with E-state index in [1.165, 1.54) is 4.90 Å². The molecule has 5 heteroatoms. The Morgan fingerprint density at radius 1 is 1.14 bits per heavy atom.